The van der Waals surface area contributed by atoms with Gasteiger partial charge in [-0.05, 0) is 0 Å². The second kappa shape index (κ2) is 6.76. The van der Waals surface area contributed by atoms with Crippen LogP contribution in [0.3, 0.4) is 0 Å². The predicted octanol–water partition coefficient (Wildman–Crippen LogP) is 3.84. The SMILES string of the molecule is [Cl][Zn+].[c-]1ccccc1-c1ccccc1. The molecule has 2 heteroatoms. The van der Waals surface area contributed by atoms with Crippen molar-refractivity contribution in [3.8, 4) is 11.1 Å². The van der Waals surface area contributed by atoms with E-state index in [1.807, 2.05) is 36.4 Å². The van der Waals surface area contributed by atoms with Crippen molar-refractivity contribution in [3.05, 3.63) is 60.7 Å². The normalized spacial score (nSPS) is 8.79. The molecular formula is C12H9ClZn. The largest absolute Gasteiger partial charge is 0.147 e. The fraction of sp³-hybridized carbons (Fsp3) is 0. The standard InChI is InChI=1S/C12H9.ClH.Zn/c1-3-7-11(8-4-1)12-9-5-2-6-10-12;;/h1-9H;1H;/q-1;;+2/p-1. The maximum Gasteiger partial charge on any atom is -0.0638 e. The fourth-order valence-electron chi connectivity index (χ4n) is 1.19. The quantitative estimate of drug-likeness (QED) is 0.535. The van der Waals surface area contributed by atoms with E-state index in [-0.39, 0.29) is 0 Å². The van der Waals surface area contributed by atoms with E-state index >= 15 is 0 Å². The third kappa shape index (κ3) is 3.25. The predicted molar refractivity (Wildman–Crippen MR) is 56.6 cm³/mol. The van der Waals surface area contributed by atoms with E-state index in [2.05, 4.69) is 24.3 Å². The average molecular weight is 254 g/mol. The van der Waals surface area contributed by atoms with Gasteiger partial charge in [-0.25, -0.2) is 0 Å². The summed E-state index contributed by atoms with van der Waals surface area (Å²) in [7, 11) is 4.76. The number of rotatable bonds is 1. The Balaban J connectivity index is 0.000000461. The maximum atomic E-state index is 4.76. The summed E-state index contributed by atoms with van der Waals surface area (Å²) in [4.78, 5) is 0. The van der Waals surface area contributed by atoms with Crippen molar-refractivity contribution in [1.82, 2.24) is 0 Å². The summed E-state index contributed by atoms with van der Waals surface area (Å²) in [5.74, 6) is 0. The second-order valence-corrected chi connectivity index (χ2v) is 2.64. The van der Waals surface area contributed by atoms with Crippen molar-refractivity contribution in [1.29, 1.82) is 0 Å². The van der Waals surface area contributed by atoms with Gasteiger partial charge in [-0.3, -0.25) is 0 Å². The van der Waals surface area contributed by atoms with Gasteiger partial charge in [0.2, 0.25) is 0 Å². The van der Waals surface area contributed by atoms with E-state index in [4.69, 9.17) is 9.69 Å². The first-order valence-electron chi connectivity index (χ1n) is 4.26. The van der Waals surface area contributed by atoms with Crippen LogP contribution in [-0.2, 0) is 17.3 Å². The van der Waals surface area contributed by atoms with Crippen LogP contribution in [0.15, 0.2) is 54.6 Å². The molecule has 0 amide bonds. The first kappa shape index (κ1) is 11.4. The second-order valence-electron chi connectivity index (χ2n) is 2.64. The number of hydrogen-bond donors (Lipinski definition) is 0. The summed E-state index contributed by atoms with van der Waals surface area (Å²) in [6.07, 6.45) is 0. The van der Waals surface area contributed by atoms with Gasteiger partial charge in [0.25, 0.3) is 0 Å². The van der Waals surface area contributed by atoms with Gasteiger partial charge in [0.05, 0.1) is 0 Å². The molecule has 2 aromatic rings. The van der Waals surface area contributed by atoms with Gasteiger partial charge < -0.3 is 0 Å². The van der Waals surface area contributed by atoms with Crippen molar-refractivity contribution < 1.29 is 17.3 Å². The molecule has 0 spiro atoms. The van der Waals surface area contributed by atoms with Crippen LogP contribution < -0.4 is 0 Å². The average Bonchev–Trinajstić information content (AvgIpc) is 2.34. The summed E-state index contributed by atoms with van der Waals surface area (Å²) in [5.41, 5.74) is 2.37. The smallest absolute Gasteiger partial charge is 0.0638 e. The van der Waals surface area contributed by atoms with E-state index in [9.17, 15) is 0 Å². The zero-order chi connectivity index (χ0) is 10.2. The van der Waals surface area contributed by atoms with Crippen LogP contribution in [0.5, 0.6) is 0 Å². The Morgan fingerprint density at radius 1 is 0.857 bits per heavy atom. The molecule has 0 bridgehead atoms. The molecule has 0 aliphatic heterocycles. The fourth-order valence-corrected chi connectivity index (χ4v) is 1.19. The molecule has 0 nitrogen and oxygen atoms in total. The molecule has 0 atom stereocenters. The Hall–Kier alpha value is -0.647. The van der Waals surface area contributed by atoms with Crippen LogP contribution in [0.1, 0.15) is 0 Å². The molecule has 0 saturated carbocycles. The molecular weight excluding hydrogens is 245 g/mol. The first-order chi connectivity index (χ1) is 6.97. The van der Waals surface area contributed by atoms with Crippen molar-refractivity contribution in [2.45, 2.75) is 0 Å². The third-order valence-corrected chi connectivity index (χ3v) is 1.79. The van der Waals surface area contributed by atoms with E-state index in [1.165, 1.54) is 5.56 Å². The van der Waals surface area contributed by atoms with E-state index in [0.717, 1.165) is 22.9 Å². The Labute approximate surface area is 98.6 Å². The minimum absolute atomic E-state index is 0.847. The van der Waals surface area contributed by atoms with E-state index < -0.39 is 0 Å². The maximum absolute atomic E-state index is 4.76. The zero-order valence-corrected chi connectivity index (χ0v) is 11.5. The van der Waals surface area contributed by atoms with Gasteiger partial charge >= 0.3 is 27.0 Å². The minimum atomic E-state index is 0.847. The Morgan fingerprint density at radius 2 is 1.50 bits per heavy atom. The number of hydrogen-bond acceptors (Lipinski definition) is 0. The van der Waals surface area contributed by atoms with Crippen LogP contribution in [-0.4, -0.2) is 0 Å². The van der Waals surface area contributed by atoms with Crippen LogP contribution in [0, 0.1) is 6.07 Å². The molecule has 0 saturated heterocycles. The summed E-state index contributed by atoms with van der Waals surface area (Å²) in [5, 5.41) is 0. The molecule has 0 heterocycles. The third-order valence-electron chi connectivity index (χ3n) is 1.79. The Morgan fingerprint density at radius 3 is 2.07 bits per heavy atom. The minimum Gasteiger partial charge on any atom is -0.147 e. The molecule has 2 rings (SSSR count). The molecule has 0 aliphatic carbocycles. The van der Waals surface area contributed by atoms with Gasteiger partial charge in [0.15, 0.2) is 0 Å². The molecule has 2 aromatic carbocycles. The van der Waals surface area contributed by atoms with Gasteiger partial charge in [-0.15, -0.1) is 35.9 Å². The van der Waals surface area contributed by atoms with Crippen molar-refractivity contribution in [2.75, 3.05) is 0 Å². The molecule has 0 aliphatic rings. The Kier molecular flexibility index (Phi) is 5.51. The molecule has 66 valence electrons. The number of halogens is 1. The molecule has 0 fully saturated rings. The van der Waals surface area contributed by atoms with Crippen molar-refractivity contribution >= 4 is 9.69 Å². The van der Waals surface area contributed by atoms with Gasteiger partial charge in [-0.1, -0.05) is 35.9 Å². The molecule has 0 aromatic heterocycles. The number of benzene rings is 2. The van der Waals surface area contributed by atoms with Crippen molar-refractivity contribution in [3.63, 3.8) is 0 Å². The topological polar surface area (TPSA) is 0 Å². The van der Waals surface area contributed by atoms with Gasteiger partial charge in [-0.2, -0.15) is 0 Å². The summed E-state index contributed by atoms with van der Waals surface area (Å²) < 4.78 is 0. The van der Waals surface area contributed by atoms with E-state index in [0.29, 0.717) is 0 Å². The molecule has 0 unspecified atom stereocenters. The summed E-state index contributed by atoms with van der Waals surface area (Å²) in [6.45, 7) is 0. The summed E-state index contributed by atoms with van der Waals surface area (Å²) >= 11 is 0.847. The van der Waals surface area contributed by atoms with Crippen LogP contribution in [0.4, 0.5) is 0 Å². The van der Waals surface area contributed by atoms with Gasteiger partial charge in [0.1, 0.15) is 0 Å². The van der Waals surface area contributed by atoms with Gasteiger partial charge in [0, 0.05) is 0 Å². The van der Waals surface area contributed by atoms with E-state index in [1.54, 1.807) is 0 Å². The summed E-state index contributed by atoms with van der Waals surface area (Å²) in [6, 6.07) is 21.5. The first-order valence-corrected chi connectivity index (χ1v) is 8.15. The zero-order valence-electron chi connectivity index (χ0n) is 7.78. The monoisotopic (exact) mass is 252 g/mol. The van der Waals surface area contributed by atoms with Crippen molar-refractivity contribution in [2.24, 2.45) is 0 Å². The van der Waals surface area contributed by atoms with Crippen LogP contribution in [0.2, 0.25) is 0 Å². The van der Waals surface area contributed by atoms with Crippen LogP contribution >= 0.6 is 9.69 Å². The molecule has 14 heavy (non-hydrogen) atoms. The Bertz CT molecular complexity index is 308. The van der Waals surface area contributed by atoms with Crippen LogP contribution in [0.25, 0.3) is 11.1 Å². The molecule has 0 N–H and O–H groups in total. The molecule has 0 radical (unpaired) electrons.